The third kappa shape index (κ3) is 2.79. The molecule has 19 heavy (non-hydrogen) atoms. The number of methoxy groups -OCH3 is 1. The predicted octanol–water partition coefficient (Wildman–Crippen LogP) is 1.39. The number of aliphatic hydroxyl groups is 1. The highest BCUT2D eigenvalue weighted by Crippen LogP contribution is 2.40. The standard InChI is InChI=1S/C13H22ClN3O2/c1-3-10-8-15-5-4-13(10,18)12-11(14)9-16-17(12)6-7-19-2/h9-10,15,18H,3-8H2,1-2H3. The summed E-state index contributed by atoms with van der Waals surface area (Å²) in [5.74, 6) is 0.150. The van der Waals surface area contributed by atoms with Crippen molar-refractivity contribution in [3.63, 3.8) is 0 Å². The number of piperidine rings is 1. The zero-order valence-electron chi connectivity index (χ0n) is 11.5. The lowest BCUT2D eigenvalue weighted by Crippen LogP contribution is -2.49. The number of halogens is 1. The Kier molecular flexibility index (Phi) is 4.84. The molecule has 0 amide bonds. The van der Waals surface area contributed by atoms with Gasteiger partial charge in [0.1, 0.15) is 5.60 Å². The SMILES string of the molecule is CCC1CNCCC1(O)c1c(Cl)cnn1CCOC. The molecule has 6 heteroatoms. The van der Waals surface area contributed by atoms with Gasteiger partial charge in [0.25, 0.3) is 0 Å². The third-order valence-electron chi connectivity index (χ3n) is 3.95. The van der Waals surface area contributed by atoms with Gasteiger partial charge < -0.3 is 15.2 Å². The minimum absolute atomic E-state index is 0.150. The summed E-state index contributed by atoms with van der Waals surface area (Å²) in [4.78, 5) is 0. The quantitative estimate of drug-likeness (QED) is 0.859. The van der Waals surface area contributed by atoms with E-state index in [1.165, 1.54) is 0 Å². The maximum atomic E-state index is 11.1. The van der Waals surface area contributed by atoms with E-state index < -0.39 is 5.60 Å². The number of nitrogens with zero attached hydrogens (tertiary/aromatic N) is 2. The molecule has 0 radical (unpaired) electrons. The van der Waals surface area contributed by atoms with Crippen LogP contribution in [0.2, 0.25) is 5.02 Å². The molecule has 0 saturated carbocycles. The molecule has 2 N–H and O–H groups in total. The molecule has 108 valence electrons. The molecular formula is C13H22ClN3O2. The van der Waals surface area contributed by atoms with Crippen molar-refractivity contribution in [2.24, 2.45) is 5.92 Å². The summed E-state index contributed by atoms with van der Waals surface area (Å²) in [6, 6.07) is 0. The minimum atomic E-state index is -0.901. The topological polar surface area (TPSA) is 59.3 Å². The molecule has 0 aromatic carbocycles. The molecule has 5 nitrogen and oxygen atoms in total. The molecule has 1 aliphatic rings. The summed E-state index contributed by atoms with van der Waals surface area (Å²) in [5, 5.41) is 19.3. The van der Waals surface area contributed by atoms with Gasteiger partial charge in [0.05, 0.1) is 30.1 Å². The first-order valence-electron chi connectivity index (χ1n) is 6.77. The van der Waals surface area contributed by atoms with Gasteiger partial charge in [-0.05, 0) is 19.4 Å². The van der Waals surface area contributed by atoms with E-state index in [0.717, 1.165) is 25.2 Å². The molecule has 1 saturated heterocycles. The van der Waals surface area contributed by atoms with Crippen LogP contribution in [-0.2, 0) is 16.9 Å². The Hall–Kier alpha value is -0.620. The lowest BCUT2D eigenvalue weighted by molar-refractivity contribution is -0.0553. The summed E-state index contributed by atoms with van der Waals surface area (Å²) in [6.45, 7) is 4.84. The fraction of sp³-hybridized carbons (Fsp3) is 0.769. The van der Waals surface area contributed by atoms with Crippen molar-refractivity contribution in [3.05, 3.63) is 16.9 Å². The first-order valence-corrected chi connectivity index (χ1v) is 7.15. The van der Waals surface area contributed by atoms with Gasteiger partial charge in [0, 0.05) is 19.6 Å². The van der Waals surface area contributed by atoms with E-state index in [-0.39, 0.29) is 5.92 Å². The van der Waals surface area contributed by atoms with E-state index in [9.17, 15) is 5.11 Å². The number of hydrogen-bond acceptors (Lipinski definition) is 4. The summed E-state index contributed by atoms with van der Waals surface area (Å²) in [5.41, 5.74) is -0.166. The Bertz CT molecular complexity index is 424. The van der Waals surface area contributed by atoms with Crippen LogP contribution in [0.3, 0.4) is 0 Å². The Morgan fingerprint density at radius 2 is 2.47 bits per heavy atom. The van der Waals surface area contributed by atoms with Crippen LogP contribution < -0.4 is 5.32 Å². The lowest BCUT2D eigenvalue weighted by Gasteiger charge is -2.40. The molecule has 0 bridgehead atoms. The number of nitrogens with one attached hydrogen (secondary N) is 1. The van der Waals surface area contributed by atoms with Crippen LogP contribution in [-0.4, -0.2) is 41.7 Å². The summed E-state index contributed by atoms with van der Waals surface area (Å²) in [7, 11) is 1.65. The van der Waals surface area contributed by atoms with E-state index in [4.69, 9.17) is 16.3 Å². The van der Waals surface area contributed by atoms with Gasteiger partial charge in [-0.25, -0.2) is 0 Å². The van der Waals surface area contributed by atoms with Crippen LogP contribution in [0.15, 0.2) is 6.20 Å². The van der Waals surface area contributed by atoms with E-state index in [0.29, 0.717) is 24.6 Å². The van der Waals surface area contributed by atoms with Crippen molar-refractivity contribution in [2.45, 2.75) is 31.9 Å². The summed E-state index contributed by atoms with van der Waals surface area (Å²) >= 11 is 6.26. The molecule has 1 aromatic heterocycles. The molecular weight excluding hydrogens is 266 g/mol. The monoisotopic (exact) mass is 287 g/mol. The van der Waals surface area contributed by atoms with Crippen LogP contribution in [0, 0.1) is 5.92 Å². The maximum Gasteiger partial charge on any atom is 0.113 e. The second-order valence-corrected chi connectivity index (χ2v) is 5.45. The first kappa shape index (κ1) is 14.8. The van der Waals surface area contributed by atoms with Crippen molar-refractivity contribution in [3.8, 4) is 0 Å². The van der Waals surface area contributed by atoms with Gasteiger partial charge >= 0.3 is 0 Å². The van der Waals surface area contributed by atoms with Crippen molar-refractivity contribution in [2.75, 3.05) is 26.8 Å². The van der Waals surface area contributed by atoms with Crippen LogP contribution in [0.5, 0.6) is 0 Å². The Morgan fingerprint density at radius 1 is 1.68 bits per heavy atom. The third-order valence-corrected chi connectivity index (χ3v) is 4.23. The average molecular weight is 288 g/mol. The van der Waals surface area contributed by atoms with Crippen molar-refractivity contribution < 1.29 is 9.84 Å². The van der Waals surface area contributed by atoms with Crippen molar-refractivity contribution in [1.29, 1.82) is 0 Å². The highest BCUT2D eigenvalue weighted by atomic mass is 35.5. The van der Waals surface area contributed by atoms with Gasteiger partial charge in [-0.15, -0.1) is 0 Å². The predicted molar refractivity (Wildman–Crippen MR) is 74.3 cm³/mol. The van der Waals surface area contributed by atoms with Crippen molar-refractivity contribution in [1.82, 2.24) is 15.1 Å². The summed E-state index contributed by atoms with van der Waals surface area (Å²) < 4.78 is 6.86. The average Bonchev–Trinajstić information content (AvgIpc) is 2.78. The number of rotatable bonds is 5. The second kappa shape index (κ2) is 6.22. The Morgan fingerprint density at radius 3 is 3.16 bits per heavy atom. The van der Waals surface area contributed by atoms with Gasteiger partial charge in [-0.2, -0.15) is 5.10 Å². The molecule has 2 heterocycles. The van der Waals surface area contributed by atoms with Crippen LogP contribution in [0.4, 0.5) is 0 Å². The smallest absolute Gasteiger partial charge is 0.113 e. The maximum absolute atomic E-state index is 11.1. The molecule has 0 spiro atoms. The van der Waals surface area contributed by atoms with E-state index in [1.807, 2.05) is 0 Å². The normalized spacial score (nSPS) is 27.7. The van der Waals surface area contributed by atoms with Gasteiger partial charge in [-0.3, -0.25) is 4.68 Å². The van der Waals surface area contributed by atoms with Gasteiger partial charge in [0.2, 0.25) is 0 Å². The molecule has 2 unspecified atom stereocenters. The Balaban J connectivity index is 2.34. The lowest BCUT2D eigenvalue weighted by atomic mass is 9.77. The molecule has 2 atom stereocenters. The van der Waals surface area contributed by atoms with Crippen LogP contribution in [0.25, 0.3) is 0 Å². The largest absolute Gasteiger partial charge is 0.383 e. The number of ether oxygens (including phenoxy) is 1. The number of hydrogen-bond donors (Lipinski definition) is 2. The Labute approximate surface area is 118 Å². The number of aromatic nitrogens is 2. The highest BCUT2D eigenvalue weighted by molar-refractivity contribution is 6.31. The zero-order chi connectivity index (χ0) is 13.9. The molecule has 0 aliphatic carbocycles. The second-order valence-electron chi connectivity index (χ2n) is 5.04. The van der Waals surface area contributed by atoms with Gasteiger partial charge in [-0.1, -0.05) is 18.5 Å². The highest BCUT2D eigenvalue weighted by Gasteiger charge is 2.43. The fourth-order valence-corrected chi connectivity index (χ4v) is 3.17. The van der Waals surface area contributed by atoms with E-state index in [2.05, 4.69) is 17.3 Å². The van der Waals surface area contributed by atoms with Crippen molar-refractivity contribution >= 4 is 11.6 Å². The van der Waals surface area contributed by atoms with E-state index >= 15 is 0 Å². The van der Waals surface area contributed by atoms with Crippen LogP contribution in [0.1, 0.15) is 25.5 Å². The van der Waals surface area contributed by atoms with Crippen LogP contribution >= 0.6 is 11.6 Å². The zero-order valence-corrected chi connectivity index (χ0v) is 12.3. The fourth-order valence-electron chi connectivity index (χ4n) is 2.86. The van der Waals surface area contributed by atoms with Gasteiger partial charge in [0.15, 0.2) is 0 Å². The molecule has 1 fully saturated rings. The molecule has 1 aromatic rings. The minimum Gasteiger partial charge on any atom is -0.383 e. The van der Waals surface area contributed by atoms with E-state index in [1.54, 1.807) is 18.0 Å². The first-order chi connectivity index (χ1) is 9.13. The molecule has 2 rings (SSSR count). The summed E-state index contributed by atoms with van der Waals surface area (Å²) in [6.07, 6.45) is 3.17. The molecule has 1 aliphatic heterocycles.